The Morgan fingerprint density at radius 2 is 1.72 bits per heavy atom. The molecule has 0 radical (unpaired) electrons. The average molecular weight is 242 g/mol. The van der Waals surface area contributed by atoms with Crippen LogP contribution in [0.25, 0.3) is 0 Å². The predicted molar refractivity (Wildman–Crippen MR) is 72.0 cm³/mol. The number of nitrogens with one attached hydrogen (secondary N) is 1. The number of anilines is 1. The molecule has 0 spiro atoms. The molecular weight excluding hydrogens is 224 g/mol. The molecule has 0 aliphatic carbocycles. The van der Waals surface area contributed by atoms with Gasteiger partial charge in [0.15, 0.2) is 0 Å². The second-order valence-electron chi connectivity index (χ2n) is 4.01. The normalized spacial score (nSPS) is 11.3. The zero-order chi connectivity index (χ0) is 13.4. The Kier molecular flexibility index (Phi) is 5.70. The molecule has 0 aliphatic rings. The molecule has 18 heavy (non-hydrogen) atoms. The molecule has 0 fully saturated rings. The van der Waals surface area contributed by atoms with Gasteiger partial charge in [-0.05, 0) is 31.2 Å². The Labute approximate surface area is 108 Å². The van der Waals surface area contributed by atoms with Crippen molar-refractivity contribution in [3.8, 4) is 12.1 Å². The van der Waals surface area contributed by atoms with E-state index in [4.69, 9.17) is 10.5 Å². The number of hydrogen-bond donors (Lipinski definition) is 1. The van der Waals surface area contributed by atoms with Crippen LogP contribution in [0.15, 0.2) is 24.3 Å². The van der Waals surface area contributed by atoms with Gasteiger partial charge in [0.05, 0.1) is 12.1 Å². The van der Waals surface area contributed by atoms with Gasteiger partial charge >= 0.3 is 0 Å². The summed E-state index contributed by atoms with van der Waals surface area (Å²) in [7, 11) is 1.94. The average Bonchev–Trinajstić information content (AvgIpc) is 2.41. The maximum Gasteiger partial charge on any atom is 0.106 e. The molecule has 1 N–H and O–H groups in total. The summed E-state index contributed by atoms with van der Waals surface area (Å²) < 4.78 is 0. The van der Waals surface area contributed by atoms with Crippen LogP contribution >= 0.6 is 0 Å². The summed E-state index contributed by atoms with van der Waals surface area (Å²) in [5.74, 6) is 0. The molecule has 4 heteroatoms. The maximum absolute atomic E-state index is 8.73. The molecule has 0 saturated heterocycles. The topological polar surface area (TPSA) is 62.9 Å². The van der Waals surface area contributed by atoms with E-state index in [1.165, 1.54) is 5.56 Å². The summed E-state index contributed by atoms with van der Waals surface area (Å²) in [5, 5.41) is 20.7. The van der Waals surface area contributed by atoms with Crippen LogP contribution in [-0.4, -0.2) is 20.1 Å². The minimum Gasteiger partial charge on any atom is -0.345 e. The van der Waals surface area contributed by atoms with Crippen molar-refractivity contribution in [2.45, 2.75) is 19.4 Å². The zero-order valence-electron chi connectivity index (χ0n) is 10.8. The molecule has 1 atom stereocenters. The van der Waals surface area contributed by atoms with Crippen molar-refractivity contribution >= 4 is 5.69 Å². The fraction of sp³-hybridized carbons (Fsp3) is 0.429. The highest BCUT2D eigenvalue weighted by Gasteiger charge is 2.08. The van der Waals surface area contributed by atoms with Gasteiger partial charge in [0.25, 0.3) is 0 Å². The van der Waals surface area contributed by atoms with E-state index in [0.717, 1.165) is 12.1 Å². The van der Waals surface area contributed by atoms with Crippen LogP contribution in [0.1, 0.15) is 24.9 Å². The minimum absolute atomic E-state index is 0.232. The summed E-state index contributed by atoms with van der Waals surface area (Å²) >= 11 is 0. The lowest BCUT2D eigenvalue weighted by atomic mass is 10.0. The second-order valence-corrected chi connectivity index (χ2v) is 4.01. The van der Waals surface area contributed by atoms with E-state index in [1.54, 1.807) is 4.90 Å². The van der Waals surface area contributed by atoms with Crippen LogP contribution in [0.2, 0.25) is 0 Å². The van der Waals surface area contributed by atoms with E-state index < -0.39 is 0 Å². The molecule has 1 aromatic carbocycles. The fourth-order valence-corrected chi connectivity index (χ4v) is 1.93. The number of rotatable bonds is 6. The van der Waals surface area contributed by atoms with E-state index in [1.807, 2.05) is 31.3 Å². The fourth-order valence-electron chi connectivity index (χ4n) is 1.93. The first-order valence-electron chi connectivity index (χ1n) is 6.02. The predicted octanol–water partition coefficient (Wildman–Crippen LogP) is 2.21. The molecule has 0 aliphatic heterocycles. The van der Waals surface area contributed by atoms with Crippen LogP contribution in [0.4, 0.5) is 5.69 Å². The van der Waals surface area contributed by atoms with Crippen molar-refractivity contribution in [1.82, 2.24) is 5.32 Å². The monoisotopic (exact) mass is 242 g/mol. The lowest BCUT2D eigenvalue weighted by Crippen LogP contribution is -2.23. The number of nitrogens with zero attached hydrogens (tertiary/aromatic N) is 3. The molecule has 0 amide bonds. The quantitative estimate of drug-likeness (QED) is 0.777. The molecular formula is C14H18N4. The van der Waals surface area contributed by atoms with E-state index in [-0.39, 0.29) is 13.1 Å². The molecule has 0 heterocycles. The maximum atomic E-state index is 8.73. The van der Waals surface area contributed by atoms with Crippen LogP contribution < -0.4 is 10.2 Å². The van der Waals surface area contributed by atoms with Crippen LogP contribution in [-0.2, 0) is 0 Å². The molecule has 1 aromatic rings. The Bertz CT molecular complexity index is 418. The third-order valence-corrected chi connectivity index (χ3v) is 2.94. The Morgan fingerprint density at radius 3 is 2.11 bits per heavy atom. The summed E-state index contributed by atoms with van der Waals surface area (Å²) in [6, 6.07) is 12.5. The van der Waals surface area contributed by atoms with Crippen LogP contribution in [0.5, 0.6) is 0 Å². The molecule has 1 unspecified atom stereocenters. The first-order valence-corrected chi connectivity index (χ1v) is 6.02. The van der Waals surface area contributed by atoms with E-state index >= 15 is 0 Å². The molecule has 1 rings (SSSR count). The highest BCUT2D eigenvalue weighted by atomic mass is 15.1. The van der Waals surface area contributed by atoms with Gasteiger partial charge in [0.2, 0.25) is 0 Å². The van der Waals surface area contributed by atoms with Crippen molar-refractivity contribution in [3.05, 3.63) is 29.8 Å². The van der Waals surface area contributed by atoms with Crippen LogP contribution in [0.3, 0.4) is 0 Å². The highest BCUT2D eigenvalue weighted by molar-refractivity contribution is 5.49. The van der Waals surface area contributed by atoms with E-state index in [9.17, 15) is 0 Å². The van der Waals surface area contributed by atoms with Gasteiger partial charge in [-0.3, -0.25) is 0 Å². The SMILES string of the molecule is CCC(NC)c1ccc(N(CC#N)CC#N)cc1. The van der Waals surface area contributed by atoms with Crippen molar-refractivity contribution < 1.29 is 0 Å². The Balaban J connectivity index is 2.87. The number of nitriles is 2. The van der Waals surface area contributed by atoms with Gasteiger partial charge in [0.1, 0.15) is 13.1 Å². The van der Waals surface area contributed by atoms with Gasteiger partial charge in [0, 0.05) is 11.7 Å². The number of hydrogen-bond acceptors (Lipinski definition) is 4. The lowest BCUT2D eigenvalue weighted by molar-refractivity contribution is 0.577. The van der Waals surface area contributed by atoms with Crippen LogP contribution in [0, 0.1) is 22.7 Å². The van der Waals surface area contributed by atoms with Crippen molar-refractivity contribution in [2.24, 2.45) is 0 Å². The number of benzene rings is 1. The Hall–Kier alpha value is -2.04. The van der Waals surface area contributed by atoms with Gasteiger partial charge in [-0.1, -0.05) is 19.1 Å². The lowest BCUT2D eigenvalue weighted by Gasteiger charge is -2.20. The second kappa shape index (κ2) is 7.32. The van der Waals surface area contributed by atoms with Gasteiger partial charge < -0.3 is 10.2 Å². The third-order valence-electron chi connectivity index (χ3n) is 2.94. The largest absolute Gasteiger partial charge is 0.345 e. The highest BCUT2D eigenvalue weighted by Crippen LogP contribution is 2.20. The smallest absolute Gasteiger partial charge is 0.106 e. The summed E-state index contributed by atoms with van der Waals surface area (Å²) in [6.45, 7) is 2.60. The van der Waals surface area contributed by atoms with Gasteiger partial charge in [-0.2, -0.15) is 10.5 Å². The molecule has 0 bridgehead atoms. The van der Waals surface area contributed by atoms with Crippen molar-refractivity contribution in [3.63, 3.8) is 0 Å². The minimum atomic E-state index is 0.232. The molecule has 4 nitrogen and oxygen atoms in total. The van der Waals surface area contributed by atoms with Crippen molar-refractivity contribution in [1.29, 1.82) is 10.5 Å². The Morgan fingerprint density at radius 1 is 1.17 bits per heavy atom. The van der Waals surface area contributed by atoms with Gasteiger partial charge in [-0.25, -0.2) is 0 Å². The third kappa shape index (κ3) is 3.48. The standard InChI is InChI=1S/C14H18N4/c1-3-14(17-2)12-4-6-13(7-5-12)18(10-8-15)11-9-16/h4-7,14,17H,3,10-11H2,1-2H3. The first kappa shape index (κ1) is 14.0. The van der Waals surface area contributed by atoms with E-state index in [2.05, 4.69) is 24.4 Å². The van der Waals surface area contributed by atoms with Crippen molar-refractivity contribution in [2.75, 3.05) is 25.0 Å². The summed E-state index contributed by atoms with van der Waals surface area (Å²) in [4.78, 5) is 1.75. The van der Waals surface area contributed by atoms with Gasteiger partial charge in [-0.15, -0.1) is 0 Å². The summed E-state index contributed by atoms with van der Waals surface area (Å²) in [5.41, 5.74) is 2.13. The van der Waals surface area contributed by atoms with E-state index in [0.29, 0.717) is 6.04 Å². The molecule has 0 saturated carbocycles. The summed E-state index contributed by atoms with van der Waals surface area (Å²) in [6.07, 6.45) is 1.02. The first-order chi connectivity index (χ1) is 8.76. The zero-order valence-corrected chi connectivity index (χ0v) is 10.8. The molecule has 94 valence electrons. The molecule has 0 aromatic heterocycles.